The second-order valence-electron chi connectivity index (χ2n) is 6.19. The lowest BCUT2D eigenvalue weighted by atomic mass is 9.89. The molecule has 1 aromatic carbocycles. The Labute approximate surface area is 155 Å². The Hall–Kier alpha value is -2.46. The van der Waals surface area contributed by atoms with Gasteiger partial charge in [-0.05, 0) is 49.1 Å². The average Bonchev–Trinajstić information content (AvgIpc) is 2.67. The number of rotatable bonds is 10. The molecule has 0 aliphatic carbocycles. The van der Waals surface area contributed by atoms with Crippen LogP contribution in [0.4, 0.5) is 4.39 Å². The maximum Gasteiger partial charge on any atom is 0.125 e. The predicted octanol–water partition coefficient (Wildman–Crippen LogP) is 4.37. The van der Waals surface area contributed by atoms with Crippen molar-refractivity contribution in [2.24, 2.45) is 5.92 Å². The van der Waals surface area contributed by atoms with Gasteiger partial charge in [-0.25, -0.2) is 4.39 Å². The number of carbonyl (C=O) groups excluding carboxylic acids is 1. The van der Waals surface area contributed by atoms with Crippen molar-refractivity contribution in [3.8, 4) is 0 Å². The number of aliphatic hydroxyl groups is 1. The molecular formula is C22H28FNO2. The van der Waals surface area contributed by atoms with E-state index in [0.29, 0.717) is 12.0 Å². The number of hydrogen-bond acceptors (Lipinski definition) is 3. The number of hydrogen-bond donors (Lipinski definition) is 1. The van der Waals surface area contributed by atoms with Crippen molar-refractivity contribution < 1.29 is 14.3 Å². The summed E-state index contributed by atoms with van der Waals surface area (Å²) in [6, 6.07) is 5.70. The van der Waals surface area contributed by atoms with Crippen LogP contribution in [0.15, 0.2) is 66.9 Å². The molecule has 0 amide bonds. The zero-order valence-electron chi connectivity index (χ0n) is 15.8. The molecule has 0 bridgehead atoms. The van der Waals surface area contributed by atoms with E-state index in [1.54, 1.807) is 18.2 Å². The largest absolute Gasteiger partial charge is 0.392 e. The molecule has 4 heteroatoms. The van der Waals surface area contributed by atoms with Gasteiger partial charge in [0, 0.05) is 18.7 Å². The number of nitrogens with zero attached hydrogens (tertiary/aromatic N) is 1. The van der Waals surface area contributed by atoms with Gasteiger partial charge in [-0.2, -0.15) is 0 Å². The van der Waals surface area contributed by atoms with Crippen molar-refractivity contribution in [1.29, 1.82) is 0 Å². The van der Waals surface area contributed by atoms with Gasteiger partial charge in [-0.15, -0.1) is 0 Å². The van der Waals surface area contributed by atoms with E-state index in [2.05, 4.69) is 13.2 Å². The molecule has 0 fully saturated rings. The highest BCUT2D eigenvalue weighted by Gasteiger charge is 2.26. The van der Waals surface area contributed by atoms with E-state index in [-0.39, 0.29) is 24.4 Å². The number of allylic oxidation sites excluding steroid dienone is 3. The van der Waals surface area contributed by atoms with Gasteiger partial charge in [-0.1, -0.05) is 43.5 Å². The van der Waals surface area contributed by atoms with Crippen LogP contribution >= 0.6 is 0 Å². The number of likely N-dealkylation sites (N-methyl/N-ethyl adjacent to an activating group) is 1. The maximum absolute atomic E-state index is 13.1. The number of aliphatic hydroxyl groups excluding tert-OH is 1. The van der Waals surface area contributed by atoms with E-state index in [0.717, 1.165) is 23.1 Å². The van der Waals surface area contributed by atoms with E-state index in [1.165, 1.54) is 12.1 Å². The number of aldehydes is 1. The van der Waals surface area contributed by atoms with Crippen LogP contribution in [-0.2, 0) is 4.79 Å². The van der Waals surface area contributed by atoms with Crippen molar-refractivity contribution in [2.45, 2.75) is 26.3 Å². The fourth-order valence-electron chi connectivity index (χ4n) is 2.83. The van der Waals surface area contributed by atoms with E-state index in [9.17, 15) is 14.3 Å². The van der Waals surface area contributed by atoms with Gasteiger partial charge in [0.05, 0.1) is 12.6 Å². The molecular weight excluding hydrogens is 329 g/mol. The highest BCUT2D eigenvalue weighted by atomic mass is 19.1. The minimum absolute atomic E-state index is 0.186. The molecule has 1 N–H and O–H groups in total. The lowest BCUT2D eigenvalue weighted by Crippen LogP contribution is -2.38. The molecule has 1 unspecified atom stereocenters. The summed E-state index contributed by atoms with van der Waals surface area (Å²) in [4.78, 5) is 13.8. The van der Waals surface area contributed by atoms with Gasteiger partial charge in [-0.3, -0.25) is 0 Å². The van der Waals surface area contributed by atoms with Crippen LogP contribution in [0, 0.1) is 11.7 Å². The Morgan fingerprint density at radius 1 is 1.35 bits per heavy atom. The molecule has 2 atom stereocenters. The molecule has 3 nitrogen and oxygen atoms in total. The van der Waals surface area contributed by atoms with Crippen LogP contribution in [0.25, 0.3) is 5.57 Å². The fourth-order valence-corrected chi connectivity index (χ4v) is 2.83. The van der Waals surface area contributed by atoms with E-state index in [1.807, 2.05) is 37.9 Å². The summed E-state index contributed by atoms with van der Waals surface area (Å²) < 4.78 is 13.1. The van der Waals surface area contributed by atoms with Crippen LogP contribution < -0.4 is 0 Å². The molecule has 140 valence electrons. The Morgan fingerprint density at radius 3 is 2.42 bits per heavy atom. The van der Waals surface area contributed by atoms with E-state index >= 15 is 0 Å². The van der Waals surface area contributed by atoms with Crippen LogP contribution in [0.1, 0.15) is 25.8 Å². The lowest BCUT2D eigenvalue weighted by Gasteiger charge is -2.34. The Balaban J connectivity index is 3.13. The van der Waals surface area contributed by atoms with Gasteiger partial charge in [0.15, 0.2) is 0 Å². The molecule has 1 rings (SSSR count). The van der Waals surface area contributed by atoms with Gasteiger partial charge in [0.25, 0.3) is 0 Å². The summed E-state index contributed by atoms with van der Waals surface area (Å²) in [7, 11) is 1.92. The molecule has 0 aliphatic heterocycles. The Morgan fingerprint density at radius 2 is 1.96 bits per heavy atom. The average molecular weight is 357 g/mol. The molecule has 0 radical (unpaired) electrons. The summed E-state index contributed by atoms with van der Waals surface area (Å²) in [6.45, 7) is 11.5. The third-order valence-corrected chi connectivity index (χ3v) is 4.64. The standard InChI is InChI=1S/C22H28FNO2/c1-6-16(3)22(24(5)17(4)7-2)20(15-26)9-8-19(14-25)18-10-12-21(23)13-11-18/h6-8,10-13,15,20,22,25H,1,3,9,14H2,2,4-5H3/b17-7+,19-8-/t20-,22?/m0/s1. The minimum atomic E-state index is -0.359. The molecule has 0 heterocycles. The molecule has 1 aromatic rings. The Kier molecular flexibility index (Phi) is 8.73. The monoisotopic (exact) mass is 357 g/mol. The molecule has 0 spiro atoms. The third kappa shape index (κ3) is 5.53. The zero-order valence-corrected chi connectivity index (χ0v) is 15.8. The van der Waals surface area contributed by atoms with Crippen molar-refractivity contribution in [3.63, 3.8) is 0 Å². The first kappa shape index (κ1) is 21.6. The second kappa shape index (κ2) is 10.5. The normalized spacial score (nSPS) is 14.5. The topological polar surface area (TPSA) is 40.5 Å². The number of benzene rings is 1. The fraction of sp³-hybridized carbons (Fsp3) is 0.318. The third-order valence-electron chi connectivity index (χ3n) is 4.64. The summed E-state index contributed by atoms with van der Waals surface area (Å²) in [6.07, 6.45) is 6.80. The first-order valence-corrected chi connectivity index (χ1v) is 8.57. The van der Waals surface area contributed by atoms with Crippen molar-refractivity contribution in [2.75, 3.05) is 13.7 Å². The van der Waals surface area contributed by atoms with Gasteiger partial charge in [0.2, 0.25) is 0 Å². The summed E-state index contributed by atoms with van der Waals surface area (Å²) in [5.41, 5.74) is 3.17. The predicted molar refractivity (Wildman–Crippen MR) is 106 cm³/mol. The van der Waals surface area contributed by atoms with Gasteiger partial charge < -0.3 is 14.8 Å². The minimum Gasteiger partial charge on any atom is -0.392 e. The summed E-state index contributed by atoms with van der Waals surface area (Å²) in [5, 5.41) is 9.66. The van der Waals surface area contributed by atoms with Crippen LogP contribution in [-0.4, -0.2) is 36.0 Å². The van der Waals surface area contributed by atoms with Crippen molar-refractivity contribution in [3.05, 3.63) is 78.3 Å². The van der Waals surface area contributed by atoms with Crippen molar-refractivity contribution in [1.82, 2.24) is 4.90 Å². The molecule has 26 heavy (non-hydrogen) atoms. The highest BCUT2D eigenvalue weighted by Crippen LogP contribution is 2.25. The van der Waals surface area contributed by atoms with Crippen LogP contribution in [0.3, 0.4) is 0 Å². The number of carbonyl (C=O) groups is 1. The lowest BCUT2D eigenvalue weighted by molar-refractivity contribution is -0.112. The Bertz CT molecular complexity index is 689. The maximum atomic E-state index is 13.1. The quantitative estimate of drug-likeness (QED) is 0.499. The van der Waals surface area contributed by atoms with E-state index < -0.39 is 0 Å². The first-order valence-electron chi connectivity index (χ1n) is 8.57. The SMILES string of the molecule is C=CC(=C)C([C@H](C=O)C/C=C(/CO)c1ccc(F)cc1)N(C)/C(C)=C/C. The van der Waals surface area contributed by atoms with E-state index in [4.69, 9.17) is 0 Å². The summed E-state index contributed by atoms with van der Waals surface area (Å²) >= 11 is 0. The summed E-state index contributed by atoms with van der Waals surface area (Å²) in [5.74, 6) is -0.690. The molecule has 0 aliphatic rings. The smallest absolute Gasteiger partial charge is 0.125 e. The number of halogens is 1. The molecule has 0 saturated carbocycles. The zero-order chi connectivity index (χ0) is 19.7. The van der Waals surface area contributed by atoms with Crippen molar-refractivity contribution >= 4 is 11.9 Å². The van der Waals surface area contributed by atoms with Gasteiger partial charge in [0.1, 0.15) is 12.1 Å². The molecule has 0 aromatic heterocycles. The van der Waals surface area contributed by atoms with Crippen LogP contribution in [0.2, 0.25) is 0 Å². The van der Waals surface area contributed by atoms with Gasteiger partial charge >= 0.3 is 0 Å². The molecule has 0 saturated heterocycles. The first-order chi connectivity index (χ1) is 12.4. The highest BCUT2D eigenvalue weighted by molar-refractivity contribution is 5.67. The second-order valence-corrected chi connectivity index (χ2v) is 6.19. The van der Waals surface area contributed by atoms with Crippen LogP contribution in [0.5, 0.6) is 0 Å².